The molecule has 0 aliphatic carbocycles. The topological polar surface area (TPSA) is 89.9 Å². The van der Waals surface area contributed by atoms with Crippen LogP contribution >= 0.6 is 24.8 Å². The van der Waals surface area contributed by atoms with Gasteiger partial charge in [-0.25, -0.2) is 9.67 Å². The molecule has 1 amide bonds. The van der Waals surface area contributed by atoms with E-state index in [-0.39, 0.29) is 48.3 Å². The molecule has 2 N–H and O–H groups in total. The Morgan fingerprint density at radius 2 is 2.04 bits per heavy atom. The maximum atomic E-state index is 12.5. The standard InChI is InChI=1S/C14H15F3N6O.2ClH/c15-14(16,17)9-3-4-12(19-7-9)23-8-11(20-21-23)13(24)22-5-1-2-10(22)6-18;;/h3-4,7-8,10H,1-2,5-6,18H2;2*1H. The molecule has 1 aliphatic heterocycles. The van der Waals surface area contributed by atoms with Crippen LogP contribution in [-0.4, -0.2) is 49.9 Å². The van der Waals surface area contributed by atoms with Gasteiger partial charge in [0.1, 0.15) is 0 Å². The third-order valence-corrected chi connectivity index (χ3v) is 3.93. The van der Waals surface area contributed by atoms with E-state index in [4.69, 9.17) is 5.73 Å². The Hall–Kier alpha value is -1.91. The van der Waals surface area contributed by atoms with Gasteiger partial charge in [0, 0.05) is 25.3 Å². The van der Waals surface area contributed by atoms with E-state index in [0.717, 1.165) is 18.9 Å². The predicted molar refractivity (Wildman–Crippen MR) is 91.8 cm³/mol. The molecule has 1 aliphatic rings. The van der Waals surface area contributed by atoms with Crippen LogP contribution in [0.2, 0.25) is 0 Å². The van der Waals surface area contributed by atoms with Crippen molar-refractivity contribution in [3.8, 4) is 5.82 Å². The van der Waals surface area contributed by atoms with Crippen molar-refractivity contribution in [2.45, 2.75) is 25.1 Å². The smallest absolute Gasteiger partial charge is 0.333 e. The quantitative estimate of drug-likeness (QED) is 0.833. The Morgan fingerprint density at radius 3 is 2.62 bits per heavy atom. The zero-order chi connectivity index (χ0) is 17.3. The van der Waals surface area contributed by atoms with E-state index in [1.54, 1.807) is 4.90 Å². The van der Waals surface area contributed by atoms with E-state index < -0.39 is 11.7 Å². The highest BCUT2D eigenvalue weighted by Crippen LogP contribution is 2.28. The van der Waals surface area contributed by atoms with Crippen LogP contribution in [0.4, 0.5) is 13.2 Å². The molecule has 0 spiro atoms. The molecule has 2 aromatic rings. The normalized spacial score (nSPS) is 16.8. The van der Waals surface area contributed by atoms with Gasteiger partial charge >= 0.3 is 6.18 Å². The van der Waals surface area contributed by atoms with Crippen LogP contribution in [-0.2, 0) is 6.18 Å². The zero-order valence-corrected chi connectivity index (χ0v) is 15.0. The maximum Gasteiger partial charge on any atom is 0.417 e. The summed E-state index contributed by atoms with van der Waals surface area (Å²) in [5, 5.41) is 7.56. The van der Waals surface area contributed by atoms with Gasteiger partial charge in [0.05, 0.1) is 11.8 Å². The highest BCUT2D eigenvalue weighted by atomic mass is 35.5. The van der Waals surface area contributed by atoms with Crippen LogP contribution < -0.4 is 5.73 Å². The van der Waals surface area contributed by atoms with Gasteiger partial charge in [0.15, 0.2) is 11.5 Å². The Bertz CT molecular complexity index is 737. The second-order valence-corrected chi connectivity index (χ2v) is 5.48. The molecular weight excluding hydrogens is 396 g/mol. The molecule has 12 heteroatoms. The fraction of sp³-hybridized carbons (Fsp3) is 0.429. The summed E-state index contributed by atoms with van der Waals surface area (Å²) in [6, 6.07) is 2.05. The first-order valence-corrected chi connectivity index (χ1v) is 7.37. The van der Waals surface area contributed by atoms with Gasteiger partial charge < -0.3 is 10.6 Å². The van der Waals surface area contributed by atoms with Crippen LogP contribution in [0, 0.1) is 0 Å². The number of amides is 1. The molecule has 26 heavy (non-hydrogen) atoms. The van der Waals surface area contributed by atoms with Crippen molar-refractivity contribution in [3.63, 3.8) is 0 Å². The minimum Gasteiger partial charge on any atom is -0.333 e. The van der Waals surface area contributed by atoms with Crippen molar-refractivity contribution < 1.29 is 18.0 Å². The van der Waals surface area contributed by atoms with Gasteiger partial charge in [-0.05, 0) is 25.0 Å². The van der Waals surface area contributed by atoms with Crippen LogP contribution in [0.3, 0.4) is 0 Å². The fourth-order valence-corrected chi connectivity index (χ4v) is 2.66. The van der Waals surface area contributed by atoms with E-state index in [1.807, 2.05) is 0 Å². The number of carbonyl (C=O) groups excluding carboxylic acids is 1. The number of alkyl halides is 3. The largest absolute Gasteiger partial charge is 0.417 e. The van der Waals surface area contributed by atoms with Crippen molar-refractivity contribution >= 4 is 30.7 Å². The summed E-state index contributed by atoms with van der Waals surface area (Å²) in [5.74, 6) is -0.146. The average Bonchev–Trinajstić information content (AvgIpc) is 3.22. The lowest BCUT2D eigenvalue weighted by Gasteiger charge is -2.21. The number of nitrogens with zero attached hydrogens (tertiary/aromatic N) is 5. The summed E-state index contributed by atoms with van der Waals surface area (Å²) in [4.78, 5) is 17.8. The van der Waals surface area contributed by atoms with Gasteiger partial charge in [0.2, 0.25) is 0 Å². The second kappa shape index (κ2) is 8.65. The van der Waals surface area contributed by atoms with Crippen molar-refractivity contribution in [2.75, 3.05) is 13.1 Å². The Morgan fingerprint density at radius 1 is 1.31 bits per heavy atom. The number of halogens is 5. The number of rotatable bonds is 3. The molecule has 0 radical (unpaired) electrons. The monoisotopic (exact) mass is 412 g/mol. The van der Waals surface area contributed by atoms with Gasteiger partial charge in [0.25, 0.3) is 5.91 Å². The minimum atomic E-state index is -4.46. The van der Waals surface area contributed by atoms with Crippen molar-refractivity contribution in [1.82, 2.24) is 24.9 Å². The molecule has 0 saturated carbocycles. The van der Waals surface area contributed by atoms with Crippen LogP contribution in [0.15, 0.2) is 24.5 Å². The molecule has 1 atom stereocenters. The highest BCUT2D eigenvalue weighted by molar-refractivity contribution is 5.92. The molecule has 1 unspecified atom stereocenters. The molecular formula is C14H17Cl2F3N6O. The lowest BCUT2D eigenvalue weighted by Crippen LogP contribution is -2.40. The number of aromatic nitrogens is 4. The Kier molecular flexibility index (Phi) is 7.36. The summed E-state index contributed by atoms with van der Waals surface area (Å²) in [6.45, 7) is 0.979. The molecule has 144 valence electrons. The predicted octanol–water partition coefficient (Wildman–Crippen LogP) is 2.09. The summed E-state index contributed by atoms with van der Waals surface area (Å²) >= 11 is 0. The summed E-state index contributed by atoms with van der Waals surface area (Å²) in [6.07, 6.45) is -0.672. The third kappa shape index (κ3) is 4.43. The fourth-order valence-electron chi connectivity index (χ4n) is 2.66. The molecule has 0 aromatic carbocycles. The first-order valence-electron chi connectivity index (χ1n) is 7.37. The Labute approximate surface area is 159 Å². The summed E-state index contributed by atoms with van der Waals surface area (Å²) in [7, 11) is 0. The van der Waals surface area contributed by atoms with Crippen molar-refractivity contribution in [1.29, 1.82) is 0 Å². The Balaban J connectivity index is 0.00000169. The number of pyridine rings is 1. The lowest BCUT2D eigenvalue weighted by atomic mass is 10.2. The number of hydrogen-bond acceptors (Lipinski definition) is 5. The number of hydrogen-bond donors (Lipinski definition) is 1. The van der Waals surface area contributed by atoms with Crippen LogP contribution in [0.25, 0.3) is 5.82 Å². The molecule has 3 rings (SSSR count). The number of carbonyl (C=O) groups is 1. The maximum absolute atomic E-state index is 12.5. The van der Waals surface area contributed by atoms with E-state index >= 15 is 0 Å². The van der Waals surface area contributed by atoms with Crippen LogP contribution in [0.1, 0.15) is 28.9 Å². The molecule has 1 fully saturated rings. The zero-order valence-electron chi connectivity index (χ0n) is 13.4. The number of likely N-dealkylation sites (tertiary alicyclic amines) is 1. The number of nitrogens with two attached hydrogens (primary N) is 1. The molecule has 3 heterocycles. The van der Waals surface area contributed by atoms with Crippen molar-refractivity contribution in [3.05, 3.63) is 35.8 Å². The van der Waals surface area contributed by atoms with Crippen LogP contribution in [0.5, 0.6) is 0 Å². The van der Waals surface area contributed by atoms with Gasteiger partial charge in [-0.3, -0.25) is 4.79 Å². The van der Waals surface area contributed by atoms with E-state index in [2.05, 4.69) is 15.3 Å². The summed E-state index contributed by atoms with van der Waals surface area (Å²) in [5.41, 5.74) is 4.90. The van der Waals surface area contributed by atoms with Gasteiger partial charge in [-0.2, -0.15) is 13.2 Å². The molecule has 1 saturated heterocycles. The average molecular weight is 413 g/mol. The summed E-state index contributed by atoms with van der Waals surface area (Å²) < 4.78 is 38.8. The lowest BCUT2D eigenvalue weighted by molar-refractivity contribution is -0.137. The SMILES string of the molecule is Cl.Cl.NCC1CCCN1C(=O)c1cn(-c2ccc(C(F)(F)F)cn2)nn1. The minimum absolute atomic E-state index is 0. The van der Waals surface area contributed by atoms with E-state index in [1.165, 1.54) is 16.9 Å². The van der Waals surface area contributed by atoms with Gasteiger partial charge in [-0.15, -0.1) is 29.9 Å². The third-order valence-electron chi connectivity index (χ3n) is 3.93. The first-order chi connectivity index (χ1) is 11.4. The van der Waals surface area contributed by atoms with E-state index in [9.17, 15) is 18.0 Å². The molecule has 7 nitrogen and oxygen atoms in total. The second-order valence-electron chi connectivity index (χ2n) is 5.48. The van der Waals surface area contributed by atoms with Gasteiger partial charge in [-0.1, -0.05) is 5.21 Å². The highest BCUT2D eigenvalue weighted by Gasteiger charge is 2.31. The van der Waals surface area contributed by atoms with E-state index in [0.29, 0.717) is 19.3 Å². The van der Waals surface area contributed by atoms with Crippen molar-refractivity contribution in [2.24, 2.45) is 5.73 Å². The molecule has 0 bridgehead atoms. The first kappa shape index (κ1) is 22.1. The molecule has 2 aromatic heterocycles.